The fourth-order valence-corrected chi connectivity index (χ4v) is 2.63. The number of nitrogens with zero attached hydrogens (tertiary/aromatic N) is 2. The first-order chi connectivity index (χ1) is 7.89. The highest BCUT2D eigenvalue weighted by molar-refractivity contribution is 9.09. The number of alkyl halides is 1. The molecule has 0 aliphatic carbocycles. The fourth-order valence-electron chi connectivity index (χ4n) is 1.64. The maximum Gasteiger partial charge on any atom is 0.269 e. The van der Waals surface area contributed by atoms with Crippen molar-refractivity contribution in [2.24, 2.45) is 0 Å². The Balaban J connectivity index is 2.82. The van der Waals surface area contributed by atoms with Crippen molar-refractivity contribution in [3.63, 3.8) is 0 Å². The molecule has 1 aromatic heterocycles. The first-order valence-corrected chi connectivity index (χ1v) is 6.94. The minimum absolute atomic E-state index is 0.0570. The van der Waals surface area contributed by atoms with Gasteiger partial charge in [0.25, 0.3) is 5.91 Å². The Morgan fingerprint density at radius 1 is 1.59 bits per heavy atom. The molecular weight excluding hydrogens is 282 g/mol. The predicted octanol–water partition coefficient (Wildman–Crippen LogP) is 2.50. The Labute approximate surface area is 111 Å². The summed E-state index contributed by atoms with van der Waals surface area (Å²) in [5.74, 6) is -0.0570. The second-order valence-corrected chi connectivity index (χ2v) is 5.56. The number of aromatic nitrogens is 2. The first kappa shape index (κ1) is 14.2. The third-order valence-electron chi connectivity index (χ3n) is 2.61. The van der Waals surface area contributed by atoms with E-state index in [1.165, 1.54) is 0 Å². The van der Waals surface area contributed by atoms with E-state index in [-0.39, 0.29) is 11.4 Å². The Morgan fingerprint density at radius 3 is 2.76 bits per heavy atom. The van der Waals surface area contributed by atoms with Crippen LogP contribution in [0, 0.1) is 6.92 Å². The molecule has 0 radical (unpaired) electrons. The molecule has 0 unspecified atom stereocenters. The third kappa shape index (κ3) is 3.84. The number of hydrogen-bond donors (Lipinski definition) is 1. The predicted molar refractivity (Wildman–Crippen MR) is 72.6 cm³/mol. The van der Waals surface area contributed by atoms with Gasteiger partial charge in [0.2, 0.25) is 0 Å². The summed E-state index contributed by atoms with van der Waals surface area (Å²) in [6.07, 6.45) is 0.887. The molecule has 0 saturated carbocycles. The van der Waals surface area contributed by atoms with E-state index in [2.05, 4.69) is 26.3 Å². The zero-order chi connectivity index (χ0) is 13.1. The lowest BCUT2D eigenvalue weighted by atomic mass is 10.0. The molecule has 0 fully saturated rings. The van der Waals surface area contributed by atoms with Gasteiger partial charge in [-0.05, 0) is 40.2 Å². The lowest BCUT2D eigenvalue weighted by Crippen LogP contribution is -2.44. The SMILES string of the molecule is CCn1nc(C)cc1C(=O)NC(C)(C)CCBr. The van der Waals surface area contributed by atoms with Gasteiger partial charge in [0.1, 0.15) is 5.69 Å². The van der Waals surface area contributed by atoms with E-state index in [0.29, 0.717) is 12.2 Å². The molecule has 5 heteroatoms. The molecule has 0 atom stereocenters. The summed E-state index contributed by atoms with van der Waals surface area (Å²) in [6.45, 7) is 8.62. The second-order valence-electron chi connectivity index (χ2n) is 4.76. The third-order valence-corrected chi connectivity index (χ3v) is 3.00. The maximum absolute atomic E-state index is 12.1. The molecule has 0 aliphatic heterocycles. The standard InChI is InChI=1S/C12H20BrN3O/c1-5-16-10(8-9(2)15-16)11(17)14-12(3,4)6-7-13/h8H,5-7H2,1-4H3,(H,14,17). The Hall–Kier alpha value is -0.840. The van der Waals surface area contributed by atoms with Crippen LogP contribution >= 0.6 is 15.9 Å². The summed E-state index contributed by atoms with van der Waals surface area (Å²) in [6, 6.07) is 1.82. The van der Waals surface area contributed by atoms with Gasteiger partial charge < -0.3 is 5.32 Å². The van der Waals surface area contributed by atoms with Gasteiger partial charge in [-0.1, -0.05) is 15.9 Å². The number of carbonyl (C=O) groups is 1. The van der Waals surface area contributed by atoms with E-state index in [0.717, 1.165) is 17.4 Å². The van der Waals surface area contributed by atoms with Gasteiger partial charge in [0.05, 0.1) is 5.69 Å². The van der Waals surface area contributed by atoms with E-state index in [1.807, 2.05) is 33.8 Å². The number of carbonyl (C=O) groups excluding carboxylic acids is 1. The van der Waals surface area contributed by atoms with E-state index < -0.39 is 0 Å². The highest BCUT2D eigenvalue weighted by Gasteiger charge is 2.22. The maximum atomic E-state index is 12.1. The lowest BCUT2D eigenvalue weighted by molar-refractivity contribution is 0.0901. The fraction of sp³-hybridized carbons (Fsp3) is 0.667. The van der Waals surface area contributed by atoms with Crippen LogP contribution in [0.2, 0.25) is 0 Å². The minimum Gasteiger partial charge on any atom is -0.346 e. The van der Waals surface area contributed by atoms with Crippen LogP contribution in [-0.4, -0.2) is 26.6 Å². The number of aryl methyl sites for hydroxylation is 2. The van der Waals surface area contributed by atoms with Gasteiger partial charge in [-0.3, -0.25) is 9.48 Å². The monoisotopic (exact) mass is 301 g/mol. The normalized spacial score (nSPS) is 11.6. The van der Waals surface area contributed by atoms with Gasteiger partial charge in [-0.25, -0.2) is 0 Å². The first-order valence-electron chi connectivity index (χ1n) is 5.82. The van der Waals surface area contributed by atoms with E-state index >= 15 is 0 Å². The molecule has 0 aromatic carbocycles. The van der Waals surface area contributed by atoms with Crippen LogP contribution in [0.5, 0.6) is 0 Å². The summed E-state index contributed by atoms with van der Waals surface area (Å²) >= 11 is 3.39. The van der Waals surface area contributed by atoms with Crippen molar-refractivity contribution in [2.75, 3.05) is 5.33 Å². The number of rotatable bonds is 5. The minimum atomic E-state index is -0.211. The lowest BCUT2D eigenvalue weighted by Gasteiger charge is -2.25. The molecule has 1 heterocycles. The molecule has 0 spiro atoms. The molecule has 1 aromatic rings. The molecule has 4 nitrogen and oxygen atoms in total. The van der Waals surface area contributed by atoms with Crippen LogP contribution in [0.3, 0.4) is 0 Å². The molecule has 0 saturated heterocycles. The van der Waals surface area contributed by atoms with Crippen molar-refractivity contribution < 1.29 is 4.79 Å². The quantitative estimate of drug-likeness (QED) is 0.850. The Morgan fingerprint density at radius 2 is 2.24 bits per heavy atom. The van der Waals surface area contributed by atoms with Crippen LogP contribution in [0.15, 0.2) is 6.07 Å². The molecule has 1 N–H and O–H groups in total. The highest BCUT2D eigenvalue weighted by atomic mass is 79.9. The van der Waals surface area contributed by atoms with Crippen molar-refractivity contribution in [3.05, 3.63) is 17.5 Å². The van der Waals surface area contributed by atoms with Gasteiger partial charge in [-0.2, -0.15) is 5.10 Å². The van der Waals surface area contributed by atoms with Crippen LogP contribution in [0.25, 0.3) is 0 Å². The molecule has 1 amide bonds. The molecular formula is C12H20BrN3O. The van der Waals surface area contributed by atoms with Crippen LogP contribution in [-0.2, 0) is 6.54 Å². The largest absolute Gasteiger partial charge is 0.346 e. The summed E-state index contributed by atoms with van der Waals surface area (Å²) in [5.41, 5.74) is 1.29. The average molecular weight is 302 g/mol. The summed E-state index contributed by atoms with van der Waals surface area (Å²) < 4.78 is 1.73. The van der Waals surface area contributed by atoms with Crippen LogP contribution in [0.1, 0.15) is 43.4 Å². The molecule has 17 heavy (non-hydrogen) atoms. The zero-order valence-corrected chi connectivity index (χ0v) is 12.5. The van der Waals surface area contributed by atoms with Crippen molar-refractivity contribution in [1.82, 2.24) is 15.1 Å². The van der Waals surface area contributed by atoms with E-state index in [1.54, 1.807) is 4.68 Å². The smallest absolute Gasteiger partial charge is 0.269 e. The summed E-state index contributed by atoms with van der Waals surface area (Å²) in [5, 5.41) is 8.17. The topological polar surface area (TPSA) is 46.9 Å². The number of nitrogens with one attached hydrogen (secondary N) is 1. The van der Waals surface area contributed by atoms with Gasteiger partial charge in [0, 0.05) is 17.4 Å². The van der Waals surface area contributed by atoms with Crippen molar-refractivity contribution in [3.8, 4) is 0 Å². The molecule has 0 aliphatic rings. The van der Waals surface area contributed by atoms with Crippen LogP contribution in [0.4, 0.5) is 0 Å². The average Bonchev–Trinajstić information content (AvgIpc) is 2.58. The van der Waals surface area contributed by atoms with Gasteiger partial charge in [-0.15, -0.1) is 0 Å². The number of hydrogen-bond acceptors (Lipinski definition) is 2. The molecule has 0 bridgehead atoms. The summed E-state index contributed by atoms with van der Waals surface area (Å²) in [7, 11) is 0. The van der Waals surface area contributed by atoms with Crippen molar-refractivity contribution >= 4 is 21.8 Å². The summed E-state index contributed by atoms with van der Waals surface area (Å²) in [4.78, 5) is 12.1. The van der Waals surface area contributed by atoms with Crippen molar-refractivity contribution in [1.29, 1.82) is 0 Å². The van der Waals surface area contributed by atoms with Crippen LogP contribution < -0.4 is 5.32 Å². The molecule has 96 valence electrons. The zero-order valence-electron chi connectivity index (χ0n) is 10.9. The van der Waals surface area contributed by atoms with E-state index in [9.17, 15) is 4.79 Å². The van der Waals surface area contributed by atoms with Gasteiger partial charge >= 0.3 is 0 Å². The van der Waals surface area contributed by atoms with Gasteiger partial charge in [0.15, 0.2) is 0 Å². The molecule has 1 rings (SSSR count). The van der Waals surface area contributed by atoms with E-state index in [4.69, 9.17) is 0 Å². The Kier molecular flexibility index (Phi) is 4.74. The number of halogens is 1. The highest BCUT2D eigenvalue weighted by Crippen LogP contribution is 2.12. The van der Waals surface area contributed by atoms with Crippen molar-refractivity contribution in [2.45, 2.75) is 46.2 Å². The second kappa shape index (κ2) is 5.67. The number of amides is 1. The Bertz CT molecular complexity index is 398.